The van der Waals surface area contributed by atoms with Gasteiger partial charge in [-0.15, -0.1) is 12.4 Å². The largest absolute Gasteiger partial charge is 0.349 e. The van der Waals surface area contributed by atoms with Gasteiger partial charge in [-0.2, -0.15) is 0 Å². The lowest BCUT2D eigenvalue weighted by molar-refractivity contribution is 0.0922. The lowest BCUT2D eigenvalue weighted by Crippen LogP contribution is -2.40. The van der Waals surface area contributed by atoms with Crippen molar-refractivity contribution in [2.75, 3.05) is 0 Å². The zero-order valence-electron chi connectivity index (χ0n) is 13.7. The minimum Gasteiger partial charge on any atom is -0.349 e. The van der Waals surface area contributed by atoms with Crippen LogP contribution in [0.25, 0.3) is 11.1 Å². The van der Waals surface area contributed by atoms with Crippen LogP contribution in [-0.2, 0) is 0 Å². The van der Waals surface area contributed by atoms with E-state index in [-0.39, 0.29) is 36.0 Å². The minimum atomic E-state index is -0.521. The Kier molecular flexibility index (Phi) is 6.82. The van der Waals surface area contributed by atoms with Crippen LogP contribution >= 0.6 is 24.0 Å². The van der Waals surface area contributed by atoms with E-state index in [2.05, 4.69) is 5.32 Å². The summed E-state index contributed by atoms with van der Waals surface area (Å²) in [6.07, 6.45) is 3.47. The number of hydrogen-bond donors (Lipinski definition) is 2. The van der Waals surface area contributed by atoms with Gasteiger partial charge < -0.3 is 11.1 Å². The minimum absolute atomic E-state index is 0. The molecule has 6 heteroatoms. The normalized spacial score (nSPS) is 19.8. The molecule has 0 atom stereocenters. The topological polar surface area (TPSA) is 55.1 Å². The molecule has 0 aliphatic heterocycles. The van der Waals surface area contributed by atoms with Crippen molar-refractivity contribution in [2.24, 2.45) is 5.73 Å². The van der Waals surface area contributed by atoms with Gasteiger partial charge in [-0.05, 0) is 61.1 Å². The van der Waals surface area contributed by atoms with Crippen LogP contribution in [0.3, 0.4) is 0 Å². The molecule has 0 heterocycles. The second-order valence-corrected chi connectivity index (χ2v) is 6.72. The van der Waals surface area contributed by atoms with Gasteiger partial charge in [0.15, 0.2) is 0 Å². The molecular formula is C19H21Cl2FN2O. The highest BCUT2D eigenvalue weighted by molar-refractivity contribution is 6.30. The van der Waals surface area contributed by atoms with Crippen LogP contribution in [0.4, 0.5) is 4.39 Å². The molecule has 0 unspecified atom stereocenters. The van der Waals surface area contributed by atoms with Gasteiger partial charge in [0, 0.05) is 17.1 Å². The highest BCUT2D eigenvalue weighted by Gasteiger charge is 2.22. The number of nitrogens with one attached hydrogen (secondary N) is 1. The van der Waals surface area contributed by atoms with Gasteiger partial charge >= 0.3 is 0 Å². The van der Waals surface area contributed by atoms with E-state index in [4.69, 9.17) is 17.3 Å². The summed E-state index contributed by atoms with van der Waals surface area (Å²) in [5.74, 6) is -0.886. The molecule has 1 aliphatic rings. The molecule has 3 N–H and O–H groups in total. The van der Waals surface area contributed by atoms with Gasteiger partial charge in [0.25, 0.3) is 5.91 Å². The monoisotopic (exact) mass is 382 g/mol. The Morgan fingerprint density at radius 1 is 1.04 bits per heavy atom. The van der Waals surface area contributed by atoms with E-state index in [1.165, 1.54) is 12.1 Å². The Morgan fingerprint density at radius 2 is 1.64 bits per heavy atom. The Balaban J connectivity index is 0.00000225. The molecule has 0 saturated heterocycles. The first-order valence-electron chi connectivity index (χ1n) is 8.15. The number of amides is 1. The lowest BCUT2D eigenvalue weighted by atomic mass is 9.91. The first-order valence-corrected chi connectivity index (χ1v) is 8.52. The van der Waals surface area contributed by atoms with E-state index in [0.29, 0.717) is 10.6 Å². The first kappa shape index (κ1) is 19.7. The van der Waals surface area contributed by atoms with Gasteiger partial charge in [-0.3, -0.25) is 4.79 Å². The molecule has 1 saturated carbocycles. The predicted molar refractivity (Wildman–Crippen MR) is 102 cm³/mol. The Morgan fingerprint density at radius 3 is 2.24 bits per heavy atom. The van der Waals surface area contributed by atoms with Crippen LogP contribution in [0.5, 0.6) is 0 Å². The first-order chi connectivity index (χ1) is 11.5. The number of carbonyl (C=O) groups is 1. The molecule has 0 aromatic heterocycles. The van der Waals surface area contributed by atoms with Crippen molar-refractivity contribution in [3.8, 4) is 11.1 Å². The van der Waals surface area contributed by atoms with Crippen molar-refractivity contribution in [2.45, 2.75) is 37.8 Å². The quantitative estimate of drug-likeness (QED) is 0.816. The van der Waals surface area contributed by atoms with Crippen molar-refractivity contribution < 1.29 is 9.18 Å². The van der Waals surface area contributed by atoms with Crippen molar-refractivity contribution in [3.05, 3.63) is 58.9 Å². The maximum Gasteiger partial charge on any atom is 0.254 e. The number of hydrogen-bond acceptors (Lipinski definition) is 2. The summed E-state index contributed by atoms with van der Waals surface area (Å²) >= 11 is 5.86. The molecule has 3 rings (SSSR count). The number of nitrogens with two attached hydrogens (primary N) is 1. The summed E-state index contributed by atoms with van der Waals surface area (Å²) in [6.45, 7) is 0. The van der Waals surface area contributed by atoms with Crippen molar-refractivity contribution in [1.29, 1.82) is 0 Å². The molecule has 134 valence electrons. The van der Waals surface area contributed by atoms with Crippen LogP contribution in [0.1, 0.15) is 36.0 Å². The summed E-state index contributed by atoms with van der Waals surface area (Å²) in [7, 11) is 0. The standard InChI is InChI=1S/C19H20ClFN2O.ClH/c20-14-4-1-12(2-5-14)13-3-10-17(18(21)11-13)19(24)23-16-8-6-15(22)7-9-16;/h1-5,10-11,15-16H,6-9,22H2,(H,23,24);1H. The molecule has 0 spiro atoms. The molecule has 2 aromatic carbocycles. The zero-order chi connectivity index (χ0) is 17.1. The van der Waals surface area contributed by atoms with Gasteiger partial charge in [0.05, 0.1) is 5.56 Å². The SMILES string of the molecule is Cl.NC1CCC(NC(=O)c2ccc(-c3ccc(Cl)cc3)cc2F)CC1. The lowest BCUT2D eigenvalue weighted by Gasteiger charge is -2.26. The van der Waals surface area contributed by atoms with E-state index in [9.17, 15) is 9.18 Å². The Labute approximate surface area is 158 Å². The number of carbonyl (C=O) groups excluding carboxylic acids is 1. The number of halogens is 3. The van der Waals surface area contributed by atoms with Gasteiger partial charge in [-0.25, -0.2) is 4.39 Å². The summed E-state index contributed by atoms with van der Waals surface area (Å²) in [6, 6.07) is 12.1. The second kappa shape index (κ2) is 8.65. The van der Waals surface area contributed by atoms with E-state index in [1.54, 1.807) is 18.2 Å². The van der Waals surface area contributed by atoms with Crippen LogP contribution in [0.15, 0.2) is 42.5 Å². The molecule has 2 aromatic rings. The van der Waals surface area contributed by atoms with Crippen LogP contribution < -0.4 is 11.1 Å². The molecule has 25 heavy (non-hydrogen) atoms. The van der Waals surface area contributed by atoms with E-state index in [1.807, 2.05) is 12.1 Å². The average Bonchev–Trinajstić information content (AvgIpc) is 2.57. The molecule has 0 bridgehead atoms. The third kappa shape index (κ3) is 4.94. The maximum atomic E-state index is 14.4. The van der Waals surface area contributed by atoms with Crippen molar-refractivity contribution in [1.82, 2.24) is 5.32 Å². The Hall–Kier alpha value is -1.62. The summed E-state index contributed by atoms with van der Waals surface area (Å²) in [5.41, 5.74) is 7.50. The van der Waals surface area contributed by atoms with Gasteiger partial charge in [0.1, 0.15) is 5.82 Å². The second-order valence-electron chi connectivity index (χ2n) is 6.29. The summed E-state index contributed by atoms with van der Waals surface area (Å²) in [5, 5.41) is 3.54. The zero-order valence-corrected chi connectivity index (χ0v) is 15.2. The smallest absolute Gasteiger partial charge is 0.254 e. The van der Waals surface area contributed by atoms with Crippen molar-refractivity contribution in [3.63, 3.8) is 0 Å². The summed E-state index contributed by atoms with van der Waals surface area (Å²) in [4.78, 5) is 12.3. The third-order valence-corrected chi connectivity index (χ3v) is 4.75. The van der Waals surface area contributed by atoms with Crippen LogP contribution in [0.2, 0.25) is 5.02 Å². The maximum absolute atomic E-state index is 14.4. The fourth-order valence-corrected chi connectivity index (χ4v) is 3.17. The van der Waals surface area contributed by atoms with E-state index >= 15 is 0 Å². The highest BCUT2D eigenvalue weighted by atomic mass is 35.5. The predicted octanol–water partition coefficient (Wildman–Crippen LogP) is 4.57. The summed E-state index contributed by atoms with van der Waals surface area (Å²) < 4.78 is 14.4. The molecule has 3 nitrogen and oxygen atoms in total. The van der Waals surface area contributed by atoms with Gasteiger partial charge in [0.2, 0.25) is 0 Å². The Bertz CT molecular complexity index is 729. The highest BCUT2D eigenvalue weighted by Crippen LogP contribution is 2.24. The molecule has 1 aliphatic carbocycles. The molecular weight excluding hydrogens is 362 g/mol. The van der Waals surface area contributed by atoms with Crippen LogP contribution in [0, 0.1) is 5.82 Å². The van der Waals surface area contributed by atoms with Crippen LogP contribution in [-0.4, -0.2) is 18.0 Å². The van der Waals surface area contributed by atoms with E-state index < -0.39 is 5.82 Å². The number of benzene rings is 2. The molecule has 1 amide bonds. The third-order valence-electron chi connectivity index (χ3n) is 4.50. The van der Waals surface area contributed by atoms with Crippen molar-refractivity contribution >= 4 is 29.9 Å². The molecule has 1 fully saturated rings. The van der Waals surface area contributed by atoms with Gasteiger partial charge in [-0.1, -0.05) is 29.8 Å². The average molecular weight is 383 g/mol. The number of rotatable bonds is 3. The fraction of sp³-hybridized carbons (Fsp3) is 0.316. The van der Waals surface area contributed by atoms with E-state index in [0.717, 1.165) is 31.2 Å². The molecule has 0 radical (unpaired) electrons. The fourth-order valence-electron chi connectivity index (χ4n) is 3.05.